The van der Waals surface area contributed by atoms with Gasteiger partial charge < -0.3 is 20.3 Å². The summed E-state index contributed by atoms with van der Waals surface area (Å²) in [6.07, 6.45) is -1.16. The van der Waals surface area contributed by atoms with Gasteiger partial charge in [-0.2, -0.15) is 0 Å². The van der Waals surface area contributed by atoms with Crippen molar-refractivity contribution in [2.24, 2.45) is 5.92 Å². The molecule has 0 aliphatic heterocycles. The van der Waals surface area contributed by atoms with Crippen LogP contribution in [0.1, 0.15) is 31.2 Å². The summed E-state index contributed by atoms with van der Waals surface area (Å²) in [4.78, 5) is 19.3. The quantitative estimate of drug-likeness (QED) is 0.426. The summed E-state index contributed by atoms with van der Waals surface area (Å²) in [5, 5.41) is 7.57. The standard InChI is InChI=1S/C27H31F3N4O2/c1-34(2)23-16-25(33-22-9-5-4-8-21(22)23)32-20-13-11-18(12-14-20)17-31-26(35)15-19-7-3-6-10-24(19)36-27(28,29)30/h3-10,16,18,20H,11-15,17H2,1-2H3,(H,31,35)(H,32,33). The zero-order chi connectivity index (χ0) is 25.7. The molecule has 1 amide bonds. The maximum atomic E-state index is 12.6. The summed E-state index contributed by atoms with van der Waals surface area (Å²) in [6.45, 7) is 0.507. The van der Waals surface area contributed by atoms with Crippen LogP contribution in [-0.2, 0) is 11.2 Å². The Kier molecular flexibility index (Phi) is 7.86. The van der Waals surface area contributed by atoms with Crippen LogP contribution in [0.25, 0.3) is 10.9 Å². The van der Waals surface area contributed by atoms with E-state index in [4.69, 9.17) is 4.98 Å². The third-order valence-corrected chi connectivity index (χ3v) is 6.51. The smallest absolute Gasteiger partial charge is 0.405 e. The van der Waals surface area contributed by atoms with Crippen LogP contribution in [0, 0.1) is 5.92 Å². The van der Waals surface area contributed by atoms with Crippen molar-refractivity contribution in [3.8, 4) is 5.75 Å². The highest BCUT2D eigenvalue weighted by molar-refractivity contribution is 5.93. The van der Waals surface area contributed by atoms with E-state index in [0.717, 1.165) is 48.1 Å². The summed E-state index contributed by atoms with van der Waals surface area (Å²) in [6, 6.07) is 16.2. The first kappa shape index (κ1) is 25.6. The number of ether oxygens (including phenoxy) is 1. The van der Waals surface area contributed by atoms with Crippen molar-refractivity contribution in [1.82, 2.24) is 10.3 Å². The topological polar surface area (TPSA) is 66.5 Å². The summed E-state index contributed by atoms with van der Waals surface area (Å²) in [7, 11) is 4.04. The lowest BCUT2D eigenvalue weighted by molar-refractivity contribution is -0.274. The molecule has 0 unspecified atom stereocenters. The minimum Gasteiger partial charge on any atom is -0.405 e. The van der Waals surface area contributed by atoms with Gasteiger partial charge in [0.1, 0.15) is 11.6 Å². The molecule has 0 spiro atoms. The van der Waals surface area contributed by atoms with Crippen LogP contribution in [0.4, 0.5) is 24.7 Å². The van der Waals surface area contributed by atoms with Gasteiger partial charge in [-0.05, 0) is 43.7 Å². The molecule has 6 nitrogen and oxygen atoms in total. The fourth-order valence-corrected chi connectivity index (χ4v) is 4.69. The van der Waals surface area contributed by atoms with Crippen LogP contribution >= 0.6 is 0 Å². The van der Waals surface area contributed by atoms with Crippen molar-refractivity contribution in [2.75, 3.05) is 30.9 Å². The predicted octanol–water partition coefficient (Wildman–Crippen LogP) is 5.53. The number of para-hydroxylation sites is 2. The molecular formula is C27H31F3N4O2. The largest absolute Gasteiger partial charge is 0.573 e. The van der Waals surface area contributed by atoms with E-state index in [-0.39, 0.29) is 23.6 Å². The zero-order valence-corrected chi connectivity index (χ0v) is 20.4. The predicted molar refractivity (Wildman–Crippen MR) is 135 cm³/mol. The Hall–Kier alpha value is -3.49. The van der Waals surface area contributed by atoms with Crippen molar-refractivity contribution < 1.29 is 22.7 Å². The van der Waals surface area contributed by atoms with Crippen molar-refractivity contribution in [3.63, 3.8) is 0 Å². The maximum Gasteiger partial charge on any atom is 0.573 e. The van der Waals surface area contributed by atoms with Gasteiger partial charge in [-0.3, -0.25) is 4.79 Å². The number of rotatable bonds is 8. The first-order chi connectivity index (χ1) is 17.2. The van der Waals surface area contributed by atoms with Crippen LogP contribution in [0.15, 0.2) is 54.6 Å². The Balaban J connectivity index is 1.27. The van der Waals surface area contributed by atoms with Gasteiger partial charge in [-0.1, -0.05) is 36.4 Å². The van der Waals surface area contributed by atoms with E-state index in [9.17, 15) is 18.0 Å². The van der Waals surface area contributed by atoms with Gasteiger partial charge in [0, 0.05) is 49.4 Å². The number of nitrogens with one attached hydrogen (secondary N) is 2. The van der Waals surface area contributed by atoms with Gasteiger partial charge in [-0.25, -0.2) is 4.98 Å². The maximum absolute atomic E-state index is 12.6. The molecule has 0 saturated heterocycles. The molecule has 9 heteroatoms. The lowest BCUT2D eigenvalue weighted by Gasteiger charge is -2.30. The SMILES string of the molecule is CN(C)c1cc(NC2CCC(CNC(=O)Cc3ccccc3OC(F)(F)F)CC2)nc2ccccc12. The number of halogens is 3. The minimum absolute atomic E-state index is 0.162. The first-order valence-corrected chi connectivity index (χ1v) is 12.1. The molecule has 0 bridgehead atoms. The Morgan fingerprint density at radius 1 is 1.06 bits per heavy atom. The Morgan fingerprint density at radius 2 is 1.75 bits per heavy atom. The molecule has 192 valence electrons. The number of aromatic nitrogens is 1. The van der Waals surface area contributed by atoms with Gasteiger partial charge in [0.25, 0.3) is 0 Å². The normalized spacial score (nSPS) is 18.0. The lowest BCUT2D eigenvalue weighted by atomic mass is 9.86. The lowest BCUT2D eigenvalue weighted by Crippen LogP contribution is -2.34. The number of hydrogen-bond acceptors (Lipinski definition) is 5. The number of carbonyl (C=O) groups is 1. The minimum atomic E-state index is -4.80. The molecule has 1 heterocycles. The number of pyridine rings is 1. The van der Waals surface area contributed by atoms with Gasteiger partial charge in [0.2, 0.25) is 5.91 Å². The van der Waals surface area contributed by atoms with Crippen molar-refractivity contribution in [2.45, 2.75) is 44.5 Å². The van der Waals surface area contributed by atoms with E-state index < -0.39 is 6.36 Å². The molecule has 36 heavy (non-hydrogen) atoms. The Labute approximate surface area is 208 Å². The molecule has 1 aliphatic rings. The van der Waals surface area contributed by atoms with Gasteiger partial charge in [0.05, 0.1) is 11.9 Å². The molecular weight excluding hydrogens is 469 g/mol. The van der Waals surface area contributed by atoms with Gasteiger partial charge in [-0.15, -0.1) is 13.2 Å². The fourth-order valence-electron chi connectivity index (χ4n) is 4.69. The molecule has 0 radical (unpaired) electrons. The molecule has 1 saturated carbocycles. The Bertz CT molecular complexity index is 1190. The highest BCUT2D eigenvalue weighted by Gasteiger charge is 2.32. The highest BCUT2D eigenvalue weighted by Crippen LogP contribution is 2.31. The van der Waals surface area contributed by atoms with Crippen LogP contribution in [0.3, 0.4) is 0 Å². The van der Waals surface area contributed by atoms with Crippen LogP contribution in [0.2, 0.25) is 0 Å². The van der Waals surface area contributed by atoms with Crippen molar-refractivity contribution >= 4 is 28.3 Å². The number of nitrogens with zero attached hydrogens (tertiary/aromatic N) is 2. The number of benzene rings is 2. The monoisotopic (exact) mass is 500 g/mol. The number of carbonyl (C=O) groups excluding carboxylic acids is 1. The van der Waals surface area contributed by atoms with Crippen LogP contribution in [0.5, 0.6) is 5.75 Å². The second-order valence-corrected chi connectivity index (χ2v) is 9.44. The number of fused-ring (bicyclic) bond motifs is 1. The van der Waals surface area contributed by atoms with E-state index in [1.165, 1.54) is 18.2 Å². The average Bonchev–Trinajstić information content (AvgIpc) is 2.83. The summed E-state index contributed by atoms with van der Waals surface area (Å²) >= 11 is 0. The highest BCUT2D eigenvalue weighted by atomic mass is 19.4. The number of alkyl halides is 3. The van der Waals surface area contributed by atoms with Crippen molar-refractivity contribution in [1.29, 1.82) is 0 Å². The van der Waals surface area contributed by atoms with Crippen LogP contribution in [-0.4, -0.2) is 43.9 Å². The second kappa shape index (κ2) is 11.1. The third kappa shape index (κ3) is 6.80. The Morgan fingerprint density at radius 3 is 2.47 bits per heavy atom. The second-order valence-electron chi connectivity index (χ2n) is 9.44. The molecule has 1 aliphatic carbocycles. The molecule has 0 atom stereocenters. The molecule has 2 aromatic carbocycles. The average molecular weight is 501 g/mol. The van der Waals surface area contributed by atoms with E-state index in [0.29, 0.717) is 18.5 Å². The van der Waals surface area contributed by atoms with Crippen molar-refractivity contribution in [3.05, 3.63) is 60.2 Å². The molecule has 4 rings (SSSR count). The van der Waals surface area contributed by atoms with Crippen LogP contribution < -0.4 is 20.3 Å². The molecule has 2 N–H and O–H groups in total. The summed E-state index contributed by atoms with van der Waals surface area (Å²) in [5.74, 6) is 0.529. The van der Waals surface area contributed by atoms with E-state index in [2.05, 4.69) is 32.4 Å². The van der Waals surface area contributed by atoms with E-state index in [1.54, 1.807) is 6.07 Å². The number of hydrogen-bond donors (Lipinski definition) is 2. The fraction of sp³-hybridized carbons (Fsp3) is 0.407. The summed E-state index contributed by atoms with van der Waals surface area (Å²) in [5.41, 5.74) is 2.27. The first-order valence-electron chi connectivity index (χ1n) is 12.1. The third-order valence-electron chi connectivity index (χ3n) is 6.51. The zero-order valence-electron chi connectivity index (χ0n) is 20.4. The molecule has 1 fully saturated rings. The number of anilines is 2. The molecule has 1 aromatic heterocycles. The number of amides is 1. The summed E-state index contributed by atoms with van der Waals surface area (Å²) < 4.78 is 41.9. The van der Waals surface area contributed by atoms with E-state index >= 15 is 0 Å². The van der Waals surface area contributed by atoms with Gasteiger partial charge >= 0.3 is 6.36 Å². The van der Waals surface area contributed by atoms with Gasteiger partial charge in [0.15, 0.2) is 0 Å². The molecule has 3 aromatic rings. The van der Waals surface area contributed by atoms with E-state index in [1.807, 2.05) is 32.3 Å².